The molecule has 2 aromatic heterocycles. The first kappa shape index (κ1) is 14.9. The Morgan fingerprint density at radius 3 is 2.74 bits per heavy atom. The smallest absolute Gasteiger partial charge is 0.255 e. The highest BCUT2D eigenvalue weighted by Crippen LogP contribution is 2.12. The van der Waals surface area contributed by atoms with Crippen LogP contribution in [0.3, 0.4) is 0 Å². The van der Waals surface area contributed by atoms with Crippen LogP contribution in [0.1, 0.15) is 21.6 Å². The topological polar surface area (TPSA) is 59.8 Å². The molecule has 2 heterocycles. The summed E-state index contributed by atoms with van der Waals surface area (Å²) in [4.78, 5) is 16.5. The Bertz CT molecular complexity index is 830. The van der Waals surface area contributed by atoms with E-state index in [1.807, 2.05) is 12.1 Å². The summed E-state index contributed by atoms with van der Waals surface area (Å²) >= 11 is 0. The first-order valence-corrected chi connectivity index (χ1v) is 7.14. The van der Waals surface area contributed by atoms with Gasteiger partial charge in [-0.25, -0.2) is 14.1 Å². The first-order chi connectivity index (χ1) is 11.2. The van der Waals surface area contributed by atoms with Crippen LogP contribution in [-0.4, -0.2) is 20.7 Å². The average Bonchev–Trinajstić information content (AvgIpc) is 2.96. The van der Waals surface area contributed by atoms with Gasteiger partial charge in [0.15, 0.2) is 5.82 Å². The van der Waals surface area contributed by atoms with Crippen LogP contribution in [0, 0.1) is 12.7 Å². The van der Waals surface area contributed by atoms with E-state index in [2.05, 4.69) is 15.4 Å². The maximum atomic E-state index is 13.6. The van der Waals surface area contributed by atoms with E-state index in [1.54, 1.807) is 42.1 Å². The number of halogens is 1. The highest BCUT2D eigenvalue weighted by molar-refractivity contribution is 5.95. The Morgan fingerprint density at radius 2 is 2.00 bits per heavy atom. The van der Waals surface area contributed by atoms with Crippen molar-refractivity contribution in [1.82, 2.24) is 20.1 Å². The molecule has 1 amide bonds. The zero-order chi connectivity index (χ0) is 16.2. The molecule has 116 valence electrons. The van der Waals surface area contributed by atoms with Crippen molar-refractivity contribution in [2.75, 3.05) is 0 Å². The van der Waals surface area contributed by atoms with Gasteiger partial charge in [-0.3, -0.25) is 4.79 Å². The summed E-state index contributed by atoms with van der Waals surface area (Å²) in [6.45, 7) is 1.92. The number of carbonyl (C=O) groups excluding carboxylic acids is 1. The van der Waals surface area contributed by atoms with Crippen LogP contribution < -0.4 is 5.32 Å². The number of benzene rings is 1. The van der Waals surface area contributed by atoms with Gasteiger partial charge in [-0.15, -0.1) is 0 Å². The first-order valence-electron chi connectivity index (χ1n) is 7.14. The number of carbonyl (C=O) groups is 1. The maximum Gasteiger partial charge on any atom is 0.255 e. The summed E-state index contributed by atoms with van der Waals surface area (Å²) in [6, 6.07) is 11.8. The van der Waals surface area contributed by atoms with E-state index in [9.17, 15) is 9.18 Å². The van der Waals surface area contributed by atoms with Gasteiger partial charge in [-0.05, 0) is 25.1 Å². The van der Waals surface area contributed by atoms with E-state index in [0.717, 1.165) is 0 Å². The normalized spacial score (nSPS) is 10.5. The van der Waals surface area contributed by atoms with Gasteiger partial charge in [0.25, 0.3) is 5.91 Å². The van der Waals surface area contributed by atoms with Crippen LogP contribution in [0.25, 0.3) is 5.82 Å². The van der Waals surface area contributed by atoms with Crippen molar-refractivity contribution in [3.05, 3.63) is 77.5 Å². The fourth-order valence-electron chi connectivity index (χ4n) is 2.26. The van der Waals surface area contributed by atoms with Crippen molar-refractivity contribution in [2.24, 2.45) is 0 Å². The number of nitrogens with one attached hydrogen (secondary N) is 1. The second-order valence-electron chi connectivity index (χ2n) is 5.02. The van der Waals surface area contributed by atoms with E-state index >= 15 is 0 Å². The fraction of sp³-hybridized carbons (Fsp3) is 0.118. The molecule has 0 spiro atoms. The lowest BCUT2D eigenvalue weighted by Crippen LogP contribution is -2.23. The van der Waals surface area contributed by atoms with Gasteiger partial charge in [-0.2, -0.15) is 5.10 Å². The van der Waals surface area contributed by atoms with Crippen LogP contribution in [-0.2, 0) is 6.54 Å². The maximum absolute atomic E-state index is 13.6. The van der Waals surface area contributed by atoms with Gasteiger partial charge in [0, 0.05) is 18.3 Å². The molecule has 3 rings (SSSR count). The van der Waals surface area contributed by atoms with E-state index in [-0.39, 0.29) is 18.3 Å². The SMILES string of the molecule is Cc1c(C(=O)NCc2ccccc2F)cnn1-c1ccccn1. The Kier molecular flexibility index (Phi) is 4.14. The van der Waals surface area contributed by atoms with E-state index in [0.29, 0.717) is 22.6 Å². The van der Waals surface area contributed by atoms with Crippen molar-refractivity contribution >= 4 is 5.91 Å². The van der Waals surface area contributed by atoms with Crippen molar-refractivity contribution in [2.45, 2.75) is 13.5 Å². The second kappa shape index (κ2) is 6.39. The van der Waals surface area contributed by atoms with Crippen molar-refractivity contribution < 1.29 is 9.18 Å². The fourth-order valence-corrected chi connectivity index (χ4v) is 2.26. The van der Waals surface area contributed by atoms with Crippen LogP contribution in [0.5, 0.6) is 0 Å². The zero-order valence-corrected chi connectivity index (χ0v) is 12.5. The molecular weight excluding hydrogens is 295 g/mol. The molecular formula is C17H15FN4O. The molecule has 6 heteroatoms. The van der Waals surface area contributed by atoms with Gasteiger partial charge in [-0.1, -0.05) is 24.3 Å². The lowest BCUT2D eigenvalue weighted by Gasteiger charge is -2.07. The molecule has 23 heavy (non-hydrogen) atoms. The van der Waals surface area contributed by atoms with E-state index < -0.39 is 0 Å². The van der Waals surface area contributed by atoms with Crippen LogP contribution in [0.15, 0.2) is 54.9 Å². The number of hydrogen-bond donors (Lipinski definition) is 1. The number of pyridine rings is 1. The zero-order valence-electron chi connectivity index (χ0n) is 12.5. The quantitative estimate of drug-likeness (QED) is 0.806. The number of nitrogens with zero attached hydrogens (tertiary/aromatic N) is 3. The average molecular weight is 310 g/mol. The van der Waals surface area contributed by atoms with Crippen LogP contribution >= 0.6 is 0 Å². The van der Waals surface area contributed by atoms with Gasteiger partial charge < -0.3 is 5.32 Å². The summed E-state index contributed by atoms with van der Waals surface area (Å²) in [6.07, 6.45) is 3.15. The summed E-state index contributed by atoms with van der Waals surface area (Å²) < 4.78 is 15.2. The molecule has 5 nitrogen and oxygen atoms in total. The van der Waals surface area contributed by atoms with Gasteiger partial charge in [0.2, 0.25) is 0 Å². The molecule has 0 saturated heterocycles. The molecule has 1 N–H and O–H groups in total. The minimum Gasteiger partial charge on any atom is -0.348 e. The van der Waals surface area contributed by atoms with E-state index in [1.165, 1.54) is 12.3 Å². The monoisotopic (exact) mass is 310 g/mol. The second-order valence-corrected chi connectivity index (χ2v) is 5.02. The van der Waals surface area contributed by atoms with Gasteiger partial charge >= 0.3 is 0 Å². The Balaban J connectivity index is 1.76. The highest BCUT2D eigenvalue weighted by Gasteiger charge is 2.15. The van der Waals surface area contributed by atoms with Crippen LogP contribution in [0.4, 0.5) is 4.39 Å². The van der Waals surface area contributed by atoms with Gasteiger partial charge in [0.05, 0.1) is 17.5 Å². The molecule has 0 aliphatic carbocycles. The third-order valence-electron chi connectivity index (χ3n) is 3.52. The molecule has 0 unspecified atom stereocenters. The summed E-state index contributed by atoms with van der Waals surface area (Å²) in [5.74, 6) is -0.000194. The van der Waals surface area contributed by atoms with Crippen molar-refractivity contribution in [3.63, 3.8) is 0 Å². The molecule has 0 radical (unpaired) electrons. The van der Waals surface area contributed by atoms with Crippen molar-refractivity contribution in [1.29, 1.82) is 0 Å². The molecule has 0 saturated carbocycles. The summed E-state index contributed by atoms with van der Waals surface area (Å²) in [5.41, 5.74) is 1.55. The predicted octanol–water partition coefficient (Wildman–Crippen LogP) is 2.64. The standard InChI is InChI=1S/C17H15FN4O/c1-12-14(11-21-22(12)16-8-4-5-9-19-16)17(23)20-10-13-6-2-3-7-15(13)18/h2-9,11H,10H2,1H3,(H,20,23). The highest BCUT2D eigenvalue weighted by atomic mass is 19.1. The van der Waals surface area contributed by atoms with Gasteiger partial charge in [0.1, 0.15) is 5.82 Å². The number of rotatable bonds is 4. The third kappa shape index (κ3) is 3.11. The molecule has 0 aliphatic rings. The summed E-state index contributed by atoms with van der Waals surface area (Å²) in [5, 5.41) is 6.91. The van der Waals surface area contributed by atoms with Crippen molar-refractivity contribution in [3.8, 4) is 5.82 Å². The van der Waals surface area contributed by atoms with Crippen LogP contribution in [0.2, 0.25) is 0 Å². The Hall–Kier alpha value is -3.02. The lowest BCUT2D eigenvalue weighted by atomic mass is 10.2. The van der Waals surface area contributed by atoms with E-state index in [4.69, 9.17) is 0 Å². The minimum absolute atomic E-state index is 0.125. The molecule has 0 bridgehead atoms. The molecule has 3 aromatic rings. The minimum atomic E-state index is -0.339. The third-order valence-corrected chi connectivity index (χ3v) is 3.52. The number of aromatic nitrogens is 3. The Morgan fingerprint density at radius 1 is 1.22 bits per heavy atom. The Labute approximate surface area is 132 Å². The predicted molar refractivity (Wildman–Crippen MR) is 83.7 cm³/mol. The summed E-state index contributed by atoms with van der Waals surface area (Å²) in [7, 11) is 0. The molecule has 1 aromatic carbocycles. The number of hydrogen-bond acceptors (Lipinski definition) is 3. The molecule has 0 atom stereocenters. The number of amides is 1. The molecule has 0 aliphatic heterocycles. The molecule has 0 fully saturated rings. The largest absolute Gasteiger partial charge is 0.348 e. The lowest BCUT2D eigenvalue weighted by molar-refractivity contribution is 0.0950.